The molecule has 2 saturated carbocycles. The molecule has 2 aliphatic rings. The van der Waals surface area contributed by atoms with E-state index >= 15 is 0 Å². The van der Waals surface area contributed by atoms with Crippen LogP contribution in [0.3, 0.4) is 0 Å². The number of aromatic nitrogens is 10. The molecule has 0 aliphatic heterocycles. The molecular formula is C54H54N16O4S. The van der Waals surface area contributed by atoms with Gasteiger partial charge in [0.2, 0.25) is 0 Å². The molecule has 2 fully saturated rings. The van der Waals surface area contributed by atoms with Crippen LogP contribution >= 0.6 is 11.3 Å². The standard InChI is InChI=1S/C28H28N8O2.C26H26N8O2S/c1-3-4-23(37)33-20-9-11-21(12-10-20)36-27-24(26(29)31-16-32-27)25(35-36)18-5-7-19(8-6-18)28(38)34-22-15-17(2)13-14-30-22;1-3-4-20(35)31-18-9-11-19(12-10-18)34-24-21(23(27)29-14-30-24)22(33-34)16-5-7-17(8-6-16)25(36)32-26-28-13-15(2)37-26/h5-8,13-16,20-21H,9-12H2,1-2H3,(H,33,37)(H2,29,31,32)(H,30,34,38);5-8,13-14,18-19H,9-12H2,1-2H3,(H,31,35)(H2,27,29,30)(H,28,32,36). The molecule has 2 aromatic carbocycles. The lowest BCUT2D eigenvalue weighted by molar-refractivity contribution is -0.117. The van der Waals surface area contributed by atoms with E-state index in [1.807, 2.05) is 59.6 Å². The zero-order chi connectivity index (χ0) is 52.6. The number of thiazole rings is 1. The number of nitrogens with zero attached hydrogens (tertiary/aromatic N) is 10. The smallest absolute Gasteiger partial charge is 0.296 e. The van der Waals surface area contributed by atoms with E-state index in [0.717, 1.165) is 72.9 Å². The van der Waals surface area contributed by atoms with Crippen molar-refractivity contribution in [2.24, 2.45) is 0 Å². The second kappa shape index (κ2) is 22.8. The van der Waals surface area contributed by atoms with Gasteiger partial charge in [-0.15, -0.1) is 11.3 Å². The number of benzene rings is 2. The first kappa shape index (κ1) is 50.8. The number of nitrogen functional groups attached to an aromatic ring is 2. The molecule has 0 bridgehead atoms. The van der Waals surface area contributed by atoms with Crippen LogP contribution in [0.4, 0.5) is 22.6 Å². The second-order valence-corrected chi connectivity index (χ2v) is 19.5. The SMILES string of the molecule is CC#CC(=O)NC1CCC(n2nc(-c3ccc(C(=O)Nc4cc(C)ccn4)cc3)c3c(N)ncnc32)CC1.CC#CC(=O)NC1CCC(n2nc(-c3ccc(C(=O)Nc4ncc(C)s4)cc3)c3c(N)ncnc32)CC1. The number of hydrogen-bond acceptors (Lipinski definition) is 15. The van der Waals surface area contributed by atoms with Crippen LogP contribution < -0.4 is 32.7 Å². The predicted molar refractivity (Wildman–Crippen MR) is 288 cm³/mol. The number of rotatable bonds is 10. The van der Waals surface area contributed by atoms with Gasteiger partial charge in [0.1, 0.15) is 41.5 Å². The van der Waals surface area contributed by atoms with Gasteiger partial charge in [-0.25, -0.2) is 39.3 Å². The molecule has 8 aromatic rings. The monoisotopic (exact) mass is 1020 g/mol. The Kier molecular flexibility index (Phi) is 15.4. The molecule has 21 heteroatoms. The molecule has 380 valence electrons. The summed E-state index contributed by atoms with van der Waals surface area (Å²) >= 11 is 1.42. The number of amides is 4. The van der Waals surface area contributed by atoms with Crippen molar-refractivity contribution in [3.63, 3.8) is 0 Å². The van der Waals surface area contributed by atoms with E-state index in [9.17, 15) is 19.2 Å². The number of pyridine rings is 1. The maximum Gasteiger partial charge on any atom is 0.296 e. The summed E-state index contributed by atoms with van der Waals surface area (Å²) in [7, 11) is 0. The number of nitrogens with two attached hydrogens (primary N) is 2. The molecule has 0 atom stereocenters. The van der Waals surface area contributed by atoms with Crippen LogP contribution in [0.15, 0.2) is 85.7 Å². The zero-order valence-corrected chi connectivity index (χ0v) is 42.5. The maximum absolute atomic E-state index is 12.7. The number of anilines is 4. The highest BCUT2D eigenvalue weighted by molar-refractivity contribution is 7.15. The van der Waals surface area contributed by atoms with Crippen molar-refractivity contribution in [1.29, 1.82) is 0 Å². The molecule has 8 N–H and O–H groups in total. The van der Waals surface area contributed by atoms with Crippen LogP contribution in [0.2, 0.25) is 0 Å². The fraction of sp³-hybridized carbons (Fsp3) is 0.296. The summed E-state index contributed by atoms with van der Waals surface area (Å²) in [6.45, 7) is 7.18. The highest BCUT2D eigenvalue weighted by Gasteiger charge is 2.30. The van der Waals surface area contributed by atoms with Crippen molar-refractivity contribution in [3.05, 3.63) is 107 Å². The number of hydrogen-bond donors (Lipinski definition) is 6. The lowest BCUT2D eigenvalue weighted by Gasteiger charge is -2.28. The predicted octanol–water partition coefficient (Wildman–Crippen LogP) is 7.37. The van der Waals surface area contributed by atoms with Crippen LogP contribution in [0.25, 0.3) is 44.6 Å². The van der Waals surface area contributed by atoms with Gasteiger partial charge in [0.05, 0.1) is 22.9 Å². The summed E-state index contributed by atoms with van der Waals surface area (Å²) in [6, 6.07) is 18.5. The van der Waals surface area contributed by atoms with Crippen molar-refractivity contribution < 1.29 is 19.2 Å². The first-order valence-electron chi connectivity index (χ1n) is 24.5. The average Bonchev–Trinajstić information content (AvgIpc) is 4.15. The Balaban J connectivity index is 0.000000184. The molecular weight excluding hydrogens is 969 g/mol. The minimum atomic E-state index is -0.248. The van der Waals surface area contributed by atoms with Crippen molar-refractivity contribution in [3.8, 4) is 46.2 Å². The lowest BCUT2D eigenvalue weighted by atomic mass is 9.91. The first-order valence-corrected chi connectivity index (χ1v) is 25.3. The third kappa shape index (κ3) is 11.7. The van der Waals surface area contributed by atoms with Gasteiger partial charge in [-0.3, -0.25) is 24.5 Å². The molecule has 6 heterocycles. The topological polar surface area (TPSA) is 281 Å². The van der Waals surface area contributed by atoms with Gasteiger partial charge in [0.15, 0.2) is 16.4 Å². The number of carbonyl (C=O) groups excluding carboxylic acids is 4. The molecule has 6 aromatic heterocycles. The lowest BCUT2D eigenvalue weighted by Crippen LogP contribution is -2.37. The highest BCUT2D eigenvalue weighted by Crippen LogP contribution is 2.38. The number of nitrogens with one attached hydrogen (secondary N) is 4. The summed E-state index contributed by atoms with van der Waals surface area (Å²) in [5, 5.41) is 23.4. The molecule has 2 aliphatic carbocycles. The van der Waals surface area contributed by atoms with Crippen molar-refractivity contribution >= 4 is 79.6 Å². The van der Waals surface area contributed by atoms with Crippen LogP contribution in [0, 0.1) is 37.5 Å². The van der Waals surface area contributed by atoms with Crippen LogP contribution in [0.1, 0.15) is 108 Å². The van der Waals surface area contributed by atoms with Crippen LogP contribution in [0.5, 0.6) is 0 Å². The summed E-state index contributed by atoms with van der Waals surface area (Å²) in [5.41, 5.74) is 18.9. The van der Waals surface area contributed by atoms with E-state index in [0.29, 0.717) is 67.2 Å². The third-order valence-corrected chi connectivity index (χ3v) is 13.9. The Morgan fingerprint density at radius 3 is 1.49 bits per heavy atom. The summed E-state index contributed by atoms with van der Waals surface area (Å²) in [6.07, 6.45) is 12.9. The van der Waals surface area contributed by atoms with Gasteiger partial charge < -0.3 is 27.4 Å². The normalized spacial score (nSPS) is 17.0. The molecule has 10 rings (SSSR count). The van der Waals surface area contributed by atoms with Gasteiger partial charge in [0, 0.05) is 51.6 Å². The van der Waals surface area contributed by atoms with E-state index < -0.39 is 0 Å². The Bertz CT molecular complexity index is 3550. The number of fused-ring (bicyclic) bond motifs is 2. The molecule has 0 unspecified atom stereocenters. The Hall–Kier alpha value is -9.08. The summed E-state index contributed by atoms with van der Waals surface area (Å²) < 4.78 is 3.86. The van der Waals surface area contributed by atoms with Crippen molar-refractivity contribution in [2.45, 2.75) is 103 Å². The fourth-order valence-electron chi connectivity index (χ4n) is 9.44. The first-order chi connectivity index (χ1) is 36.3. The van der Waals surface area contributed by atoms with Crippen LogP contribution in [-0.4, -0.2) is 85.2 Å². The van der Waals surface area contributed by atoms with E-state index in [2.05, 4.69) is 74.9 Å². The summed E-state index contributed by atoms with van der Waals surface area (Å²) in [4.78, 5) is 75.8. The van der Waals surface area contributed by atoms with E-state index in [1.54, 1.807) is 50.5 Å². The number of aryl methyl sites for hydroxylation is 2. The third-order valence-electron chi connectivity index (χ3n) is 13.1. The zero-order valence-electron chi connectivity index (χ0n) is 41.7. The molecule has 0 saturated heterocycles. The molecule has 0 radical (unpaired) electrons. The van der Waals surface area contributed by atoms with Gasteiger partial charge in [-0.1, -0.05) is 36.1 Å². The Morgan fingerprint density at radius 1 is 0.600 bits per heavy atom. The van der Waals surface area contributed by atoms with E-state index in [4.69, 9.17) is 21.7 Å². The molecule has 0 spiro atoms. The maximum atomic E-state index is 12.7. The minimum absolute atomic E-state index is 0.0919. The van der Waals surface area contributed by atoms with Gasteiger partial charge in [0.25, 0.3) is 23.6 Å². The minimum Gasteiger partial charge on any atom is -0.383 e. The molecule has 75 heavy (non-hydrogen) atoms. The quantitative estimate of drug-likeness (QED) is 0.0730. The molecule has 20 nitrogen and oxygen atoms in total. The Labute approximate surface area is 436 Å². The molecule has 4 amide bonds. The van der Waals surface area contributed by atoms with Crippen molar-refractivity contribution in [1.82, 2.24) is 60.1 Å². The second-order valence-electron chi connectivity index (χ2n) is 18.3. The van der Waals surface area contributed by atoms with Crippen LogP contribution in [-0.2, 0) is 9.59 Å². The summed E-state index contributed by atoms with van der Waals surface area (Å²) in [5.74, 6) is 10.6. The van der Waals surface area contributed by atoms with E-state index in [1.165, 1.54) is 24.0 Å². The van der Waals surface area contributed by atoms with Gasteiger partial charge in [-0.2, -0.15) is 10.2 Å². The highest BCUT2D eigenvalue weighted by atomic mass is 32.1. The number of carbonyl (C=O) groups is 4. The average molecular weight is 1020 g/mol. The largest absolute Gasteiger partial charge is 0.383 e. The Morgan fingerprint density at radius 2 is 1.07 bits per heavy atom. The fourth-order valence-corrected chi connectivity index (χ4v) is 10.1. The van der Waals surface area contributed by atoms with Crippen molar-refractivity contribution in [2.75, 3.05) is 22.1 Å². The van der Waals surface area contributed by atoms with Gasteiger partial charge >= 0.3 is 0 Å². The van der Waals surface area contributed by atoms with E-state index in [-0.39, 0.29) is 47.8 Å². The van der Waals surface area contributed by atoms with Gasteiger partial charge in [-0.05, 0) is 133 Å².